The summed E-state index contributed by atoms with van der Waals surface area (Å²) in [6.45, 7) is 1.91. The van der Waals surface area contributed by atoms with Crippen molar-refractivity contribution in [3.63, 3.8) is 0 Å². The van der Waals surface area contributed by atoms with Crippen molar-refractivity contribution in [1.82, 2.24) is 9.88 Å². The quantitative estimate of drug-likeness (QED) is 0.320. The van der Waals surface area contributed by atoms with Crippen LogP contribution in [0.4, 0.5) is 5.69 Å². The number of ketones is 1. The van der Waals surface area contributed by atoms with Gasteiger partial charge in [-0.2, -0.15) is 5.26 Å². The molecule has 0 amide bonds. The number of fused-ring (bicyclic) bond motifs is 1. The van der Waals surface area contributed by atoms with Gasteiger partial charge < -0.3 is 9.88 Å². The van der Waals surface area contributed by atoms with Gasteiger partial charge in [0.1, 0.15) is 11.6 Å². The first-order valence-corrected chi connectivity index (χ1v) is 8.43. The molecule has 2 aromatic rings. The highest BCUT2D eigenvalue weighted by atomic mass is 32.2. The van der Waals surface area contributed by atoms with Gasteiger partial charge in [-0.15, -0.1) is 0 Å². The normalized spacial score (nSPS) is 11.5. The van der Waals surface area contributed by atoms with Crippen LogP contribution in [-0.4, -0.2) is 38.2 Å². The number of Topliss-reactive ketones (excluding diaryl/α,β-unsaturated/α-hetero) is 1. The molecule has 24 heavy (non-hydrogen) atoms. The molecular weight excluding hydrogens is 328 g/mol. The number of carbonyl (C=O) groups is 1. The molecule has 2 N–H and O–H groups in total. The number of anilines is 1. The fourth-order valence-corrected chi connectivity index (χ4v) is 2.79. The molecule has 0 aliphatic heterocycles. The van der Waals surface area contributed by atoms with Crippen molar-refractivity contribution in [2.45, 2.75) is 13.3 Å². The minimum Gasteiger partial charge on any atom is -0.382 e. The second-order valence-corrected chi connectivity index (χ2v) is 6.19. The maximum absolute atomic E-state index is 12.4. The van der Waals surface area contributed by atoms with Crippen LogP contribution in [0.25, 0.3) is 10.9 Å². The molecule has 1 aromatic carbocycles. The first-order valence-electron chi connectivity index (χ1n) is 7.25. The average Bonchev–Trinajstić information content (AvgIpc) is 2.93. The Morgan fingerprint density at radius 1 is 1.38 bits per heavy atom. The number of nitrogens with zero attached hydrogens (tertiary/aromatic N) is 2. The predicted octanol–water partition coefficient (Wildman–Crippen LogP) is 1.82. The average molecular weight is 346 g/mol. The van der Waals surface area contributed by atoms with Crippen LogP contribution in [0.5, 0.6) is 0 Å². The van der Waals surface area contributed by atoms with E-state index < -0.39 is 16.7 Å². The second kappa shape index (κ2) is 7.19. The van der Waals surface area contributed by atoms with E-state index in [-0.39, 0.29) is 11.3 Å². The maximum Gasteiger partial charge on any atom is 0.222 e. The van der Waals surface area contributed by atoms with Gasteiger partial charge in [-0.1, -0.05) is 6.92 Å². The zero-order chi connectivity index (χ0) is 17.9. The lowest BCUT2D eigenvalue weighted by Crippen LogP contribution is -2.09. The second-order valence-electron chi connectivity index (χ2n) is 5.45. The monoisotopic (exact) mass is 346 g/mol. The maximum atomic E-state index is 12.4. The van der Waals surface area contributed by atoms with E-state index in [4.69, 9.17) is 5.26 Å². The number of hydrogen-bond acceptors (Lipinski definition) is 5. The van der Waals surface area contributed by atoms with Gasteiger partial charge >= 0.3 is 0 Å². The number of hydrogen-bond donors (Lipinski definition) is 3. The number of nitrogens with one attached hydrogen (secondary N) is 2. The van der Waals surface area contributed by atoms with Crippen LogP contribution in [0.15, 0.2) is 30.0 Å². The van der Waals surface area contributed by atoms with Gasteiger partial charge in [0, 0.05) is 31.2 Å². The number of thiol groups is 1. The van der Waals surface area contributed by atoms with E-state index in [0.717, 1.165) is 10.9 Å². The molecule has 0 unspecified atom stereocenters. The largest absolute Gasteiger partial charge is 0.382 e. The van der Waals surface area contributed by atoms with Gasteiger partial charge in [0.25, 0.3) is 0 Å². The third kappa shape index (κ3) is 3.75. The van der Waals surface area contributed by atoms with E-state index in [9.17, 15) is 13.2 Å². The zero-order valence-corrected chi connectivity index (χ0v) is 14.5. The number of H-pyrrole nitrogens is 1. The van der Waals surface area contributed by atoms with Gasteiger partial charge in [-0.25, -0.2) is 8.42 Å². The summed E-state index contributed by atoms with van der Waals surface area (Å²) < 4.78 is 24.3. The number of aromatic nitrogens is 1. The molecule has 8 heteroatoms. The number of aryl methyl sites for hydroxylation is 1. The molecule has 0 fully saturated rings. The Balaban J connectivity index is 2.52. The third-order valence-corrected chi connectivity index (χ3v) is 3.86. The summed E-state index contributed by atoms with van der Waals surface area (Å²) in [5, 5.41) is 9.93. The molecule has 7 nitrogen and oxygen atoms in total. The molecule has 2 rings (SSSR count). The Morgan fingerprint density at radius 3 is 2.62 bits per heavy atom. The van der Waals surface area contributed by atoms with Gasteiger partial charge in [-0.3, -0.25) is 9.52 Å². The highest BCUT2D eigenvalue weighted by Gasteiger charge is 2.16. The lowest BCUT2D eigenvalue weighted by Gasteiger charge is -2.06. The fraction of sp³-hybridized carbons (Fsp3) is 0.250. The van der Waals surface area contributed by atoms with Gasteiger partial charge in [-0.05, 0) is 30.2 Å². The molecule has 0 bridgehead atoms. The molecule has 0 spiro atoms. The Morgan fingerprint density at radius 2 is 2.08 bits per heavy atom. The first kappa shape index (κ1) is 17.6. The molecular formula is C16H18N4O3S. The summed E-state index contributed by atoms with van der Waals surface area (Å²) in [7, 11) is 0.684. The van der Waals surface area contributed by atoms with Crippen LogP contribution in [0.2, 0.25) is 0 Å². The molecule has 0 aliphatic rings. The number of carbonyl (C=O) groups excluding carboxylic acids is 1. The Hall–Kier alpha value is -2.79. The van der Waals surface area contributed by atoms with Crippen molar-refractivity contribution in [2.24, 2.45) is 0 Å². The molecule has 0 radical (unpaired) electrons. The number of benzene rings is 1. The highest BCUT2D eigenvalue weighted by Crippen LogP contribution is 2.26. The fourth-order valence-electron chi connectivity index (χ4n) is 2.39. The van der Waals surface area contributed by atoms with Crippen LogP contribution in [-0.2, 0) is 17.3 Å². The van der Waals surface area contributed by atoms with Gasteiger partial charge in [0.2, 0.25) is 16.7 Å². The van der Waals surface area contributed by atoms with Crippen molar-refractivity contribution >= 4 is 33.3 Å². The summed E-state index contributed by atoms with van der Waals surface area (Å²) in [5.74, 6) is -0.412. The summed E-state index contributed by atoms with van der Waals surface area (Å²) in [5.41, 5.74) is 2.22. The molecule has 0 aliphatic carbocycles. The van der Waals surface area contributed by atoms with E-state index in [1.165, 1.54) is 6.20 Å². The number of nitriles is 1. The van der Waals surface area contributed by atoms with Crippen molar-refractivity contribution < 1.29 is 13.2 Å². The summed E-state index contributed by atoms with van der Waals surface area (Å²) in [4.78, 5) is 17.0. The smallest absolute Gasteiger partial charge is 0.222 e. The van der Waals surface area contributed by atoms with Crippen molar-refractivity contribution in [3.05, 3.63) is 41.2 Å². The topological polar surface area (TPSA) is 106 Å². The molecule has 0 atom stereocenters. The van der Waals surface area contributed by atoms with E-state index in [1.54, 1.807) is 31.1 Å². The Labute approximate surface area is 141 Å². The van der Waals surface area contributed by atoms with Crippen LogP contribution < -0.4 is 4.72 Å². The van der Waals surface area contributed by atoms with E-state index in [0.29, 0.717) is 17.6 Å². The van der Waals surface area contributed by atoms with Crippen molar-refractivity contribution in [3.8, 4) is 6.07 Å². The highest BCUT2D eigenvalue weighted by molar-refractivity contribution is 7.73. The standard InChI is InChI=1S/C16H18N4O3S/c1-4-10-5-11-6-15(16(21)12(8-17)9-20(2)3)18-13(11)7-14(10)19-24(22)23/h5-7,9,18,24H,4H2,1-3H3,(H,19,22,23)/b12-9+. The zero-order valence-electron chi connectivity index (χ0n) is 13.6. The lowest BCUT2D eigenvalue weighted by atomic mass is 10.1. The Kier molecular flexibility index (Phi) is 5.26. The molecule has 0 saturated heterocycles. The number of aromatic amines is 1. The number of rotatable bonds is 6. The summed E-state index contributed by atoms with van der Waals surface area (Å²) >= 11 is 0. The molecule has 1 aromatic heterocycles. The summed E-state index contributed by atoms with van der Waals surface area (Å²) in [6, 6.07) is 7.03. The first-order chi connectivity index (χ1) is 11.3. The van der Waals surface area contributed by atoms with Crippen LogP contribution in [0, 0.1) is 11.3 Å². The minimum absolute atomic E-state index is 0.0169. The molecule has 0 saturated carbocycles. The molecule has 1 heterocycles. The lowest BCUT2D eigenvalue weighted by molar-refractivity contribution is 0.103. The molecule has 126 valence electrons. The minimum atomic E-state index is -2.77. The SMILES string of the molecule is CCc1cc2cc(C(=O)/C(C#N)=C/N(C)C)[nH]c2cc1N[SH](=O)=O. The summed E-state index contributed by atoms with van der Waals surface area (Å²) in [6.07, 6.45) is 2.10. The van der Waals surface area contributed by atoms with Crippen molar-refractivity contribution in [2.75, 3.05) is 18.8 Å². The van der Waals surface area contributed by atoms with E-state index >= 15 is 0 Å². The Bertz CT molecular complexity index is 925. The van der Waals surface area contributed by atoms with Gasteiger partial charge in [0.15, 0.2) is 0 Å². The van der Waals surface area contributed by atoms with Crippen LogP contribution in [0.3, 0.4) is 0 Å². The predicted molar refractivity (Wildman–Crippen MR) is 93.3 cm³/mol. The van der Waals surface area contributed by atoms with Crippen molar-refractivity contribution in [1.29, 1.82) is 5.26 Å². The van der Waals surface area contributed by atoms with Crippen LogP contribution >= 0.6 is 0 Å². The van der Waals surface area contributed by atoms with E-state index in [1.807, 2.05) is 19.1 Å². The third-order valence-electron chi connectivity index (χ3n) is 3.43. The number of allylic oxidation sites excluding steroid dienone is 1. The van der Waals surface area contributed by atoms with E-state index in [2.05, 4.69) is 9.71 Å². The van der Waals surface area contributed by atoms with Gasteiger partial charge in [0.05, 0.1) is 11.4 Å². The van der Waals surface area contributed by atoms with Crippen LogP contribution in [0.1, 0.15) is 23.0 Å².